The molecule has 2 rings (SSSR count). The minimum atomic E-state index is -3.57. The summed E-state index contributed by atoms with van der Waals surface area (Å²) in [6, 6.07) is 3.74. The number of hydrogen-bond donors (Lipinski definition) is 1. The van der Waals surface area contributed by atoms with Crippen LogP contribution in [0.2, 0.25) is 0 Å². The Morgan fingerprint density at radius 3 is 2.62 bits per heavy atom. The maximum atomic E-state index is 12.6. The molecule has 2 aromatic heterocycles. The van der Waals surface area contributed by atoms with Gasteiger partial charge in [0.25, 0.3) is 0 Å². The van der Waals surface area contributed by atoms with E-state index < -0.39 is 10.0 Å². The Hall–Kier alpha value is -1.28. The molecular weight excluding hydrogens is 308 g/mol. The van der Waals surface area contributed by atoms with Crippen LogP contribution in [0.25, 0.3) is 0 Å². The van der Waals surface area contributed by atoms with Gasteiger partial charge in [0.15, 0.2) is 0 Å². The summed E-state index contributed by atoms with van der Waals surface area (Å²) in [6.45, 7) is 1.87. The molecule has 0 amide bonds. The standard InChI is InChI=1S/C14H18N2O3S2/c1-11-10-20-13(9-17)14(11)21(18,19)16(2)8-5-12-3-6-15-7-4-12/h3-4,6-7,10,17H,5,8-9H2,1-2H3. The number of hydrogen-bond acceptors (Lipinski definition) is 5. The van der Waals surface area contributed by atoms with Crippen molar-refractivity contribution in [3.8, 4) is 0 Å². The molecule has 2 aromatic rings. The zero-order valence-corrected chi connectivity index (χ0v) is 13.6. The van der Waals surface area contributed by atoms with Crippen LogP contribution in [-0.4, -0.2) is 36.4 Å². The third-order valence-electron chi connectivity index (χ3n) is 3.27. The van der Waals surface area contributed by atoms with E-state index in [-0.39, 0.29) is 11.5 Å². The van der Waals surface area contributed by atoms with Gasteiger partial charge in [-0.15, -0.1) is 11.3 Å². The lowest BCUT2D eigenvalue weighted by Crippen LogP contribution is -2.29. The lowest BCUT2D eigenvalue weighted by atomic mass is 10.2. The molecule has 0 bridgehead atoms. The molecule has 114 valence electrons. The molecule has 0 aliphatic heterocycles. The average molecular weight is 326 g/mol. The van der Waals surface area contributed by atoms with E-state index in [1.165, 1.54) is 15.6 Å². The normalized spacial score (nSPS) is 12.0. The Labute approximate surface area is 128 Å². The summed E-state index contributed by atoms with van der Waals surface area (Å²) in [5, 5.41) is 11.1. The van der Waals surface area contributed by atoms with Crippen LogP contribution >= 0.6 is 11.3 Å². The smallest absolute Gasteiger partial charge is 0.244 e. The van der Waals surface area contributed by atoms with Crippen LogP contribution in [0.1, 0.15) is 16.0 Å². The summed E-state index contributed by atoms with van der Waals surface area (Å²) >= 11 is 1.27. The number of likely N-dealkylation sites (N-methyl/N-ethyl adjacent to an activating group) is 1. The predicted molar refractivity (Wildman–Crippen MR) is 82.7 cm³/mol. The molecule has 0 fully saturated rings. The lowest BCUT2D eigenvalue weighted by molar-refractivity contribution is 0.282. The summed E-state index contributed by atoms with van der Waals surface area (Å²) in [6.07, 6.45) is 4.00. The van der Waals surface area contributed by atoms with E-state index in [0.717, 1.165) is 5.56 Å². The van der Waals surface area contributed by atoms with Gasteiger partial charge in [-0.05, 0) is 42.0 Å². The van der Waals surface area contributed by atoms with Crippen LogP contribution in [0, 0.1) is 6.92 Å². The Morgan fingerprint density at radius 1 is 1.33 bits per heavy atom. The van der Waals surface area contributed by atoms with Gasteiger partial charge in [0.1, 0.15) is 4.90 Å². The number of sulfonamides is 1. The van der Waals surface area contributed by atoms with Gasteiger partial charge in [0.05, 0.1) is 11.5 Å². The molecule has 0 spiro atoms. The number of aryl methyl sites for hydroxylation is 1. The second-order valence-electron chi connectivity index (χ2n) is 4.76. The first kappa shape index (κ1) is 16.1. The summed E-state index contributed by atoms with van der Waals surface area (Å²) in [5.74, 6) is 0. The van der Waals surface area contributed by atoms with Crippen molar-refractivity contribution >= 4 is 21.4 Å². The molecule has 21 heavy (non-hydrogen) atoms. The monoisotopic (exact) mass is 326 g/mol. The quantitative estimate of drug-likeness (QED) is 0.879. The van der Waals surface area contributed by atoms with Gasteiger partial charge in [0, 0.05) is 26.0 Å². The number of nitrogens with zero attached hydrogens (tertiary/aromatic N) is 2. The Balaban J connectivity index is 2.17. The third-order valence-corrected chi connectivity index (χ3v) is 6.57. The Bertz CT molecular complexity index is 696. The van der Waals surface area contributed by atoms with E-state index in [1.807, 2.05) is 12.1 Å². The molecule has 7 heteroatoms. The number of aliphatic hydroxyl groups excluding tert-OH is 1. The van der Waals surface area contributed by atoms with Crippen molar-refractivity contribution in [2.24, 2.45) is 0 Å². The van der Waals surface area contributed by atoms with Crippen molar-refractivity contribution in [2.45, 2.75) is 24.8 Å². The van der Waals surface area contributed by atoms with Gasteiger partial charge in [-0.25, -0.2) is 12.7 Å². The minimum Gasteiger partial charge on any atom is -0.391 e. The van der Waals surface area contributed by atoms with Gasteiger partial charge in [-0.1, -0.05) is 0 Å². The van der Waals surface area contributed by atoms with Crippen LogP contribution in [0.15, 0.2) is 34.8 Å². The first-order valence-corrected chi connectivity index (χ1v) is 8.82. The van der Waals surface area contributed by atoms with Crippen LogP contribution in [0.3, 0.4) is 0 Å². The zero-order valence-electron chi connectivity index (χ0n) is 12.0. The van der Waals surface area contributed by atoms with Crippen LogP contribution in [0.4, 0.5) is 0 Å². The van der Waals surface area contributed by atoms with E-state index in [4.69, 9.17) is 0 Å². The van der Waals surface area contributed by atoms with Crippen molar-refractivity contribution in [3.63, 3.8) is 0 Å². The van der Waals surface area contributed by atoms with E-state index in [0.29, 0.717) is 23.4 Å². The Morgan fingerprint density at radius 2 is 2.00 bits per heavy atom. The molecule has 0 unspecified atom stereocenters. The summed E-state index contributed by atoms with van der Waals surface area (Å²) in [4.78, 5) is 4.67. The van der Waals surface area contributed by atoms with Crippen molar-refractivity contribution < 1.29 is 13.5 Å². The van der Waals surface area contributed by atoms with E-state index in [1.54, 1.807) is 31.7 Å². The van der Waals surface area contributed by atoms with Crippen molar-refractivity contribution in [2.75, 3.05) is 13.6 Å². The van der Waals surface area contributed by atoms with Crippen molar-refractivity contribution in [1.29, 1.82) is 0 Å². The number of rotatable bonds is 6. The molecule has 0 aliphatic carbocycles. The van der Waals surface area contributed by atoms with Gasteiger partial charge in [0.2, 0.25) is 10.0 Å². The summed E-state index contributed by atoms with van der Waals surface area (Å²) in [5.41, 5.74) is 1.72. The van der Waals surface area contributed by atoms with Crippen molar-refractivity contribution in [1.82, 2.24) is 9.29 Å². The summed E-state index contributed by atoms with van der Waals surface area (Å²) in [7, 11) is -2.01. The van der Waals surface area contributed by atoms with Gasteiger partial charge >= 0.3 is 0 Å². The molecule has 0 atom stereocenters. The fourth-order valence-electron chi connectivity index (χ4n) is 2.05. The molecule has 0 radical (unpaired) electrons. The topological polar surface area (TPSA) is 70.5 Å². The Kier molecular flexibility index (Phi) is 5.10. The SMILES string of the molecule is Cc1csc(CO)c1S(=O)(=O)N(C)CCc1ccncc1. The molecular formula is C14H18N2O3S2. The lowest BCUT2D eigenvalue weighted by Gasteiger charge is -2.18. The maximum Gasteiger partial charge on any atom is 0.244 e. The number of aromatic nitrogens is 1. The van der Waals surface area contributed by atoms with Crippen LogP contribution in [0.5, 0.6) is 0 Å². The van der Waals surface area contributed by atoms with Gasteiger partial charge in [-0.2, -0.15) is 0 Å². The molecule has 0 aromatic carbocycles. The number of pyridine rings is 1. The zero-order chi connectivity index (χ0) is 15.5. The third kappa shape index (κ3) is 3.49. The van der Waals surface area contributed by atoms with Gasteiger partial charge < -0.3 is 5.11 Å². The number of thiophene rings is 1. The fraction of sp³-hybridized carbons (Fsp3) is 0.357. The maximum absolute atomic E-state index is 12.6. The second-order valence-corrected chi connectivity index (χ2v) is 7.71. The average Bonchev–Trinajstić information content (AvgIpc) is 2.87. The highest BCUT2D eigenvalue weighted by Gasteiger charge is 2.26. The molecule has 0 aliphatic rings. The molecule has 5 nitrogen and oxygen atoms in total. The predicted octanol–water partition coefficient (Wildman–Crippen LogP) is 1.81. The van der Waals surface area contributed by atoms with Crippen molar-refractivity contribution in [3.05, 3.63) is 45.9 Å². The first-order valence-electron chi connectivity index (χ1n) is 6.50. The van der Waals surface area contributed by atoms with E-state index in [9.17, 15) is 13.5 Å². The molecule has 0 saturated carbocycles. The first-order chi connectivity index (χ1) is 9.96. The highest BCUT2D eigenvalue weighted by atomic mass is 32.2. The van der Waals surface area contributed by atoms with E-state index in [2.05, 4.69) is 4.98 Å². The second kappa shape index (κ2) is 6.65. The van der Waals surface area contributed by atoms with Crippen LogP contribution in [-0.2, 0) is 23.1 Å². The highest BCUT2D eigenvalue weighted by molar-refractivity contribution is 7.89. The van der Waals surface area contributed by atoms with Gasteiger partial charge in [-0.3, -0.25) is 4.98 Å². The minimum absolute atomic E-state index is 0.243. The highest BCUT2D eigenvalue weighted by Crippen LogP contribution is 2.29. The molecule has 2 heterocycles. The number of aliphatic hydroxyl groups is 1. The van der Waals surface area contributed by atoms with Crippen LogP contribution < -0.4 is 0 Å². The molecule has 0 saturated heterocycles. The molecule has 1 N–H and O–H groups in total. The fourth-order valence-corrected chi connectivity index (χ4v) is 4.83. The largest absolute Gasteiger partial charge is 0.391 e. The van der Waals surface area contributed by atoms with E-state index >= 15 is 0 Å². The summed E-state index contributed by atoms with van der Waals surface area (Å²) < 4.78 is 26.6.